The maximum Gasteiger partial charge on any atom is 0.224 e. The molecule has 1 aromatic carbocycles. The van der Waals surface area contributed by atoms with Crippen LogP contribution < -0.4 is 11.1 Å². The van der Waals surface area contributed by atoms with E-state index in [0.29, 0.717) is 18.2 Å². The molecule has 1 saturated carbocycles. The number of nitrogen functional groups attached to an aromatic ring is 1. The number of carbonyl (C=O) groups excluding carboxylic acids is 1. The van der Waals surface area contributed by atoms with E-state index in [2.05, 4.69) is 15.3 Å². The van der Waals surface area contributed by atoms with Crippen molar-refractivity contribution in [2.45, 2.75) is 39.0 Å². The monoisotopic (exact) mass is 363 g/mol. The number of anilines is 2. The third kappa shape index (κ3) is 3.39. The molecular formula is C21H25N5O. The van der Waals surface area contributed by atoms with Crippen LogP contribution in [0.25, 0.3) is 22.2 Å². The van der Waals surface area contributed by atoms with E-state index in [9.17, 15) is 4.79 Å². The van der Waals surface area contributed by atoms with Gasteiger partial charge in [0.1, 0.15) is 17.8 Å². The quantitative estimate of drug-likeness (QED) is 0.732. The molecule has 27 heavy (non-hydrogen) atoms. The molecule has 3 aromatic rings. The Morgan fingerprint density at radius 2 is 2.04 bits per heavy atom. The van der Waals surface area contributed by atoms with E-state index < -0.39 is 0 Å². The van der Waals surface area contributed by atoms with Gasteiger partial charge >= 0.3 is 0 Å². The Balaban J connectivity index is 1.60. The number of hydrogen-bond donors (Lipinski definition) is 2. The minimum absolute atomic E-state index is 0.108. The molecule has 0 atom stereocenters. The lowest BCUT2D eigenvalue weighted by Gasteiger charge is -2.12. The molecule has 0 unspecified atom stereocenters. The van der Waals surface area contributed by atoms with E-state index in [1.54, 1.807) is 0 Å². The van der Waals surface area contributed by atoms with Crippen molar-refractivity contribution in [2.75, 3.05) is 11.1 Å². The highest BCUT2D eigenvalue weighted by Crippen LogP contribution is 2.35. The third-order valence-electron chi connectivity index (χ3n) is 5.53. The number of benzene rings is 1. The normalized spacial score (nSPS) is 14.7. The van der Waals surface area contributed by atoms with Crippen molar-refractivity contribution in [1.82, 2.24) is 14.5 Å². The zero-order valence-corrected chi connectivity index (χ0v) is 15.8. The first-order chi connectivity index (χ1) is 13.0. The van der Waals surface area contributed by atoms with E-state index in [1.165, 1.54) is 32.0 Å². The fraction of sp³-hybridized carbons (Fsp3) is 0.381. The molecule has 1 aliphatic rings. The van der Waals surface area contributed by atoms with Crippen LogP contribution in [0.4, 0.5) is 11.5 Å². The minimum Gasteiger partial charge on any atom is -0.383 e. The van der Waals surface area contributed by atoms with Crippen molar-refractivity contribution in [3.8, 4) is 11.1 Å². The molecule has 0 radical (unpaired) electrons. The second-order valence-electron chi connectivity index (χ2n) is 7.54. The molecule has 140 valence electrons. The number of nitrogens with zero attached hydrogens (tertiary/aromatic N) is 3. The highest BCUT2D eigenvalue weighted by Gasteiger charge is 2.19. The number of carbonyl (C=O) groups is 1. The number of nitrogens with two attached hydrogens (primary N) is 1. The van der Waals surface area contributed by atoms with Gasteiger partial charge in [-0.1, -0.05) is 18.9 Å². The highest BCUT2D eigenvalue weighted by atomic mass is 16.1. The van der Waals surface area contributed by atoms with Crippen LogP contribution in [0.5, 0.6) is 0 Å². The van der Waals surface area contributed by atoms with Crippen molar-refractivity contribution in [3.63, 3.8) is 0 Å². The molecule has 2 heterocycles. The fourth-order valence-electron chi connectivity index (χ4n) is 4.17. The van der Waals surface area contributed by atoms with Crippen LogP contribution in [-0.2, 0) is 11.8 Å². The summed E-state index contributed by atoms with van der Waals surface area (Å²) >= 11 is 0. The van der Waals surface area contributed by atoms with Crippen LogP contribution in [-0.4, -0.2) is 20.4 Å². The van der Waals surface area contributed by atoms with E-state index >= 15 is 0 Å². The Kier molecular flexibility index (Phi) is 4.56. The SMILES string of the molecule is Cc1cc(NC(=O)CC2CCCC2)ccc1-c1cn(C)c2ncnc(N)c12. The maximum atomic E-state index is 12.3. The Hall–Kier alpha value is -2.89. The summed E-state index contributed by atoms with van der Waals surface area (Å²) in [5.74, 6) is 1.13. The van der Waals surface area contributed by atoms with Gasteiger partial charge in [-0.3, -0.25) is 4.79 Å². The molecular weight excluding hydrogens is 338 g/mol. The van der Waals surface area contributed by atoms with Crippen LogP contribution in [0.2, 0.25) is 0 Å². The molecule has 0 spiro atoms. The van der Waals surface area contributed by atoms with Gasteiger partial charge in [0.05, 0.1) is 5.39 Å². The van der Waals surface area contributed by atoms with Crippen LogP contribution in [0.15, 0.2) is 30.7 Å². The van der Waals surface area contributed by atoms with Gasteiger partial charge in [0.15, 0.2) is 0 Å². The summed E-state index contributed by atoms with van der Waals surface area (Å²) in [6.45, 7) is 2.04. The van der Waals surface area contributed by atoms with Gasteiger partial charge in [-0.05, 0) is 48.9 Å². The molecule has 6 heteroatoms. The predicted octanol–water partition coefficient (Wildman–Crippen LogP) is 4.04. The van der Waals surface area contributed by atoms with Gasteiger partial charge in [0.25, 0.3) is 0 Å². The number of amides is 1. The van der Waals surface area contributed by atoms with E-state index in [4.69, 9.17) is 5.73 Å². The maximum absolute atomic E-state index is 12.3. The lowest BCUT2D eigenvalue weighted by molar-refractivity contribution is -0.117. The first-order valence-corrected chi connectivity index (χ1v) is 9.49. The van der Waals surface area contributed by atoms with Crippen molar-refractivity contribution >= 4 is 28.4 Å². The fourth-order valence-corrected chi connectivity index (χ4v) is 4.17. The minimum atomic E-state index is 0.108. The van der Waals surface area contributed by atoms with Crippen molar-refractivity contribution in [2.24, 2.45) is 13.0 Å². The molecule has 0 saturated heterocycles. The summed E-state index contributed by atoms with van der Waals surface area (Å²) in [5.41, 5.74) is 10.9. The summed E-state index contributed by atoms with van der Waals surface area (Å²) in [6.07, 6.45) is 8.99. The Morgan fingerprint density at radius 3 is 2.78 bits per heavy atom. The lowest BCUT2D eigenvalue weighted by Crippen LogP contribution is -2.15. The Bertz CT molecular complexity index is 1000. The molecule has 0 bridgehead atoms. The average molecular weight is 363 g/mol. The smallest absolute Gasteiger partial charge is 0.224 e. The summed E-state index contributed by atoms with van der Waals surface area (Å²) in [6, 6.07) is 6.00. The van der Waals surface area contributed by atoms with Gasteiger partial charge < -0.3 is 15.6 Å². The summed E-state index contributed by atoms with van der Waals surface area (Å²) in [7, 11) is 1.95. The molecule has 6 nitrogen and oxygen atoms in total. The van der Waals surface area contributed by atoms with E-state index in [-0.39, 0.29) is 5.91 Å². The average Bonchev–Trinajstić information content (AvgIpc) is 3.24. The van der Waals surface area contributed by atoms with Gasteiger partial charge in [0.2, 0.25) is 5.91 Å². The van der Waals surface area contributed by atoms with Crippen LogP contribution >= 0.6 is 0 Å². The van der Waals surface area contributed by atoms with Gasteiger partial charge in [-0.25, -0.2) is 9.97 Å². The second kappa shape index (κ2) is 7.02. The summed E-state index contributed by atoms with van der Waals surface area (Å²) in [5, 5.41) is 3.91. The van der Waals surface area contributed by atoms with Crippen molar-refractivity contribution in [3.05, 3.63) is 36.3 Å². The number of fused-ring (bicyclic) bond motifs is 1. The van der Waals surface area contributed by atoms with Crippen LogP contribution in [0.1, 0.15) is 37.7 Å². The summed E-state index contributed by atoms with van der Waals surface area (Å²) in [4.78, 5) is 20.8. The predicted molar refractivity (Wildman–Crippen MR) is 108 cm³/mol. The highest BCUT2D eigenvalue weighted by molar-refractivity contribution is 6.01. The van der Waals surface area contributed by atoms with Gasteiger partial charge in [-0.15, -0.1) is 0 Å². The lowest BCUT2D eigenvalue weighted by atomic mass is 10.00. The number of rotatable bonds is 4. The van der Waals surface area contributed by atoms with Crippen LogP contribution in [0, 0.1) is 12.8 Å². The molecule has 4 rings (SSSR count). The number of nitrogens with one attached hydrogen (secondary N) is 1. The molecule has 2 aromatic heterocycles. The molecule has 1 amide bonds. The molecule has 1 aliphatic carbocycles. The van der Waals surface area contributed by atoms with Gasteiger partial charge in [-0.2, -0.15) is 0 Å². The number of aryl methyl sites for hydroxylation is 2. The molecule has 1 fully saturated rings. The topological polar surface area (TPSA) is 85.8 Å². The number of aromatic nitrogens is 3. The first-order valence-electron chi connectivity index (χ1n) is 9.49. The Morgan fingerprint density at radius 1 is 1.26 bits per heavy atom. The van der Waals surface area contributed by atoms with E-state index in [0.717, 1.165) is 33.4 Å². The third-order valence-corrected chi connectivity index (χ3v) is 5.53. The number of hydrogen-bond acceptors (Lipinski definition) is 4. The molecule has 3 N–H and O–H groups in total. The largest absolute Gasteiger partial charge is 0.383 e. The van der Waals surface area contributed by atoms with E-state index in [1.807, 2.05) is 42.9 Å². The zero-order chi connectivity index (χ0) is 19.0. The van der Waals surface area contributed by atoms with Crippen molar-refractivity contribution in [1.29, 1.82) is 0 Å². The second-order valence-corrected chi connectivity index (χ2v) is 7.54. The Labute approximate surface area is 158 Å². The van der Waals surface area contributed by atoms with Crippen LogP contribution in [0.3, 0.4) is 0 Å². The summed E-state index contributed by atoms with van der Waals surface area (Å²) < 4.78 is 1.96. The van der Waals surface area contributed by atoms with Gasteiger partial charge in [0, 0.05) is 30.9 Å². The zero-order valence-electron chi connectivity index (χ0n) is 15.8. The van der Waals surface area contributed by atoms with Crippen molar-refractivity contribution < 1.29 is 4.79 Å². The standard InChI is InChI=1S/C21H25N5O/c1-13-9-15(25-18(27)10-14-5-3-4-6-14)7-8-16(13)17-11-26(2)21-19(17)20(22)23-12-24-21/h7-9,11-12,14H,3-6,10H2,1-2H3,(H,25,27)(H2,22,23,24). The molecule has 0 aliphatic heterocycles. The first kappa shape index (κ1) is 17.5.